The maximum Gasteiger partial charge on any atom is 0.416 e. The number of carbonyl (C=O) groups is 1. The van der Waals surface area contributed by atoms with Crippen molar-refractivity contribution in [3.8, 4) is 17.5 Å². The van der Waals surface area contributed by atoms with Gasteiger partial charge in [-0.15, -0.1) is 0 Å². The van der Waals surface area contributed by atoms with Crippen LogP contribution in [0.25, 0.3) is 0 Å². The van der Waals surface area contributed by atoms with Crippen LogP contribution in [0, 0.1) is 11.6 Å². The topological polar surface area (TPSA) is 132 Å². The van der Waals surface area contributed by atoms with Crippen LogP contribution >= 0.6 is 0 Å². The molecule has 1 spiro atoms. The highest BCUT2D eigenvalue weighted by atomic mass is 32.2. The van der Waals surface area contributed by atoms with E-state index in [-0.39, 0.29) is 48.5 Å². The Hall–Kier alpha value is -3.88. The lowest BCUT2D eigenvalue weighted by atomic mass is 9.84. The fourth-order valence-corrected chi connectivity index (χ4v) is 4.49. The third-order valence-electron chi connectivity index (χ3n) is 5.81. The molecular formula is C22H19F2N5O6S. The number of aromatic nitrogens is 2. The molecule has 1 aromatic heterocycles. The molecule has 0 bridgehead atoms. The van der Waals surface area contributed by atoms with Gasteiger partial charge in [-0.2, -0.15) is 8.42 Å². The quantitative estimate of drug-likeness (QED) is 0.487. The number of carbonyl (C=O) groups excluding carboxylic acids is 1. The molecule has 0 atom stereocenters. The monoisotopic (exact) mass is 519 g/mol. The molecule has 3 aromatic rings. The van der Waals surface area contributed by atoms with Crippen molar-refractivity contribution < 1.29 is 36.2 Å². The summed E-state index contributed by atoms with van der Waals surface area (Å²) in [6.45, 7) is -0.255. The highest BCUT2D eigenvalue weighted by molar-refractivity contribution is 7.90. The zero-order valence-corrected chi connectivity index (χ0v) is 19.5. The minimum absolute atomic E-state index is 0.0135. The first-order valence-electron chi connectivity index (χ1n) is 10.6. The summed E-state index contributed by atoms with van der Waals surface area (Å²) >= 11 is 0. The smallest absolute Gasteiger partial charge is 0.416 e. The molecule has 36 heavy (non-hydrogen) atoms. The Bertz CT molecular complexity index is 1440. The van der Waals surface area contributed by atoms with Gasteiger partial charge in [-0.3, -0.25) is 9.62 Å². The summed E-state index contributed by atoms with van der Waals surface area (Å²) in [6.07, 6.45) is 2.03. The molecule has 2 aliphatic rings. The SMILES string of the molecule is CNS(=O)(=O)Nc1cccc(CN2C(=O)Oc3cc(Oc4ncccn4)c(F)cc3C23COC3)c1F. The molecule has 14 heteroatoms. The summed E-state index contributed by atoms with van der Waals surface area (Å²) < 4.78 is 74.1. The molecule has 1 fully saturated rings. The Kier molecular flexibility index (Phi) is 5.94. The van der Waals surface area contributed by atoms with Crippen LogP contribution in [0.5, 0.6) is 17.5 Å². The summed E-state index contributed by atoms with van der Waals surface area (Å²) in [4.78, 5) is 22.0. The number of rotatable bonds is 7. The van der Waals surface area contributed by atoms with Crippen LogP contribution in [-0.4, -0.2) is 49.6 Å². The lowest BCUT2D eigenvalue weighted by molar-refractivity contribution is -0.143. The van der Waals surface area contributed by atoms with E-state index >= 15 is 8.78 Å². The molecular weight excluding hydrogens is 500 g/mol. The van der Waals surface area contributed by atoms with Gasteiger partial charge < -0.3 is 14.2 Å². The first-order chi connectivity index (χ1) is 17.2. The molecule has 1 amide bonds. The lowest BCUT2D eigenvalue weighted by Gasteiger charge is -2.51. The molecule has 1 saturated heterocycles. The van der Waals surface area contributed by atoms with E-state index in [0.29, 0.717) is 5.56 Å². The standard InChI is InChI=1S/C22H19F2N5O6S/c1-25-36(31,32)28-16-5-2-4-13(19(16)24)10-29-21(30)35-17-9-18(34-20-26-6-3-7-27-20)15(23)8-14(17)22(29)11-33-12-22/h2-9,25,28H,10-12H2,1H3. The second kappa shape index (κ2) is 8.96. The van der Waals surface area contributed by atoms with E-state index < -0.39 is 33.5 Å². The number of nitrogens with one attached hydrogen (secondary N) is 2. The molecule has 3 heterocycles. The van der Waals surface area contributed by atoms with Crippen molar-refractivity contribution in [1.82, 2.24) is 19.6 Å². The van der Waals surface area contributed by atoms with E-state index in [0.717, 1.165) is 0 Å². The summed E-state index contributed by atoms with van der Waals surface area (Å²) in [6, 6.07) is 7.96. The maximum atomic E-state index is 15.2. The van der Waals surface area contributed by atoms with Crippen molar-refractivity contribution in [2.24, 2.45) is 0 Å². The Morgan fingerprint density at radius 3 is 2.58 bits per heavy atom. The predicted octanol–water partition coefficient (Wildman–Crippen LogP) is 2.66. The van der Waals surface area contributed by atoms with Crippen LogP contribution in [0.2, 0.25) is 0 Å². The van der Waals surface area contributed by atoms with Gasteiger partial charge in [0.05, 0.1) is 25.4 Å². The minimum Gasteiger partial charge on any atom is -0.421 e. The highest BCUT2D eigenvalue weighted by Gasteiger charge is 2.54. The van der Waals surface area contributed by atoms with Crippen LogP contribution in [-0.2, 0) is 27.0 Å². The number of benzene rings is 2. The van der Waals surface area contributed by atoms with Crippen LogP contribution in [0.15, 0.2) is 48.8 Å². The molecule has 2 N–H and O–H groups in total. The Labute approximate surface area is 204 Å². The summed E-state index contributed by atoms with van der Waals surface area (Å²) in [5.74, 6) is -1.81. The van der Waals surface area contributed by atoms with Crippen molar-refractivity contribution in [2.45, 2.75) is 12.1 Å². The average Bonchev–Trinajstić information content (AvgIpc) is 2.82. The summed E-state index contributed by atoms with van der Waals surface area (Å²) in [5, 5.41) is 0. The van der Waals surface area contributed by atoms with Crippen molar-refractivity contribution in [1.29, 1.82) is 0 Å². The molecule has 188 valence electrons. The molecule has 2 aliphatic heterocycles. The zero-order valence-electron chi connectivity index (χ0n) is 18.7. The fourth-order valence-electron chi connectivity index (χ4n) is 3.94. The van der Waals surface area contributed by atoms with Crippen LogP contribution in [0.1, 0.15) is 11.1 Å². The van der Waals surface area contributed by atoms with E-state index in [2.05, 4.69) is 14.7 Å². The van der Waals surface area contributed by atoms with Crippen LogP contribution in [0.3, 0.4) is 0 Å². The van der Waals surface area contributed by atoms with Gasteiger partial charge in [0.2, 0.25) is 0 Å². The zero-order chi connectivity index (χ0) is 25.5. The van der Waals surface area contributed by atoms with Crippen molar-refractivity contribution in [3.05, 3.63) is 71.6 Å². The van der Waals surface area contributed by atoms with Crippen molar-refractivity contribution in [2.75, 3.05) is 25.0 Å². The number of hydrogen-bond donors (Lipinski definition) is 2. The van der Waals surface area contributed by atoms with E-state index in [9.17, 15) is 13.2 Å². The Balaban J connectivity index is 1.48. The minimum atomic E-state index is -3.97. The molecule has 0 aliphatic carbocycles. The maximum absolute atomic E-state index is 15.2. The normalized spacial score (nSPS) is 16.2. The fraction of sp³-hybridized carbons (Fsp3) is 0.227. The first-order valence-corrected chi connectivity index (χ1v) is 12.1. The highest BCUT2D eigenvalue weighted by Crippen LogP contribution is 2.47. The van der Waals surface area contributed by atoms with Crippen molar-refractivity contribution >= 4 is 22.0 Å². The van der Waals surface area contributed by atoms with Gasteiger partial charge in [-0.1, -0.05) is 12.1 Å². The number of hydrogen-bond acceptors (Lipinski definition) is 8. The summed E-state index contributed by atoms with van der Waals surface area (Å²) in [7, 11) is -2.80. The van der Waals surface area contributed by atoms with E-state index in [4.69, 9.17) is 14.2 Å². The van der Waals surface area contributed by atoms with Gasteiger partial charge in [0, 0.05) is 36.6 Å². The largest absolute Gasteiger partial charge is 0.421 e. The molecule has 2 aromatic carbocycles. The lowest BCUT2D eigenvalue weighted by Crippen LogP contribution is -2.63. The third kappa shape index (κ3) is 4.19. The number of anilines is 1. The predicted molar refractivity (Wildman–Crippen MR) is 121 cm³/mol. The average molecular weight is 519 g/mol. The van der Waals surface area contributed by atoms with Gasteiger partial charge in [-0.25, -0.2) is 28.3 Å². The molecule has 0 radical (unpaired) electrons. The van der Waals surface area contributed by atoms with E-state index in [1.165, 1.54) is 54.7 Å². The number of nitrogens with zero attached hydrogens (tertiary/aromatic N) is 3. The molecule has 0 unspecified atom stereocenters. The number of ether oxygens (including phenoxy) is 3. The molecule has 11 nitrogen and oxygen atoms in total. The van der Waals surface area contributed by atoms with Gasteiger partial charge in [0.1, 0.15) is 11.3 Å². The van der Waals surface area contributed by atoms with Crippen molar-refractivity contribution in [3.63, 3.8) is 0 Å². The Morgan fingerprint density at radius 2 is 1.92 bits per heavy atom. The van der Waals surface area contributed by atoms with Gasteiger partial charge in [0.15, 0.2) is 17.4 Å². The van der Waals surface area contributed by atoms with Gasteiger partial charge in [0.25, 0.3) is 10.2 Å². The second-order valence-corrected chi connectivity index (χ2v) is 9.60. The molecule has 5 rings (SSSR count). The second-order valence-electron chi connectivity index (χ2n) is 7.98. The van der Waals surface area contributed by atoms with E-state index in [1.807, 2.05) is 4.72 Å². The van der Waals surface area contributed by atoms with Crippen LogP contribution < -0.4 is 18.9 Å². The Morgan fingerprint density at radius 1 is 1.17 bits per heavy atom. The van der Waals surface area contributed by atoms with Crippen LogP contribution in [0.4, 0.5) is 19.3 Å². The molecule has 0 saturated carbocycles. The first kappa shape index (κ1) is 23.8. The number of halogens is 2. The van der Waals surface area contributed by atoms with Gasteiger partial charge in [-0.05, 0) is 18.2 Å². The number of fused-ring (bicyclic) bond motifs is 2. The van der Waals surface area contributed by atoms with E-state index in [1.54, 1.807) is 6.07 Å². The summed E-state index contributed by atoms with van der Waals surface area (Å²) in [5.41, 5.74) is -1.10. The third-order valence-corrected chi connectivity index (χ3v) is 6.84. The number of amides is 1. The van der Waals surface area contributed by atoms with Gasteiger partial charge >= 0.3 is 12.1 Å².